The number of rotatable bonds is 40. The van der Waals surface area contributed by atoms with E-state index in [1.165, 1.54) is 13.8 Å². The van der Waals surface area contributed by atoms with Crippen molar-refractivity contribution in [2.45, 2.75) is 219 Å². The highest BCUT2D eigenvalue weighted by atomic mass is 16.8. The van der Waals surface area contributed by atoms with Crippen LogP contribution in [0.5, 0.6) is 11.5 Å². The van der Waals surface area contributed by atoms with E-state index in [1.54, 1.807) is 31.4 Å². The summed E-state index contributed by atoms with van der Waals surface area (Å²) in [6.45, 7) is 20.0. The lowest BCUT2D eigenvalue weighted by molar-refractivity contribution is -0.370. The minimum absolute atomic E-state index is 0.0208. The molecule has 0 radical (unpaired) electrons. The first-order valence-corrected chi connectivity index (χ1v) is 26.6. The monoisotopic (exact) mass is 1000 g/mol. The third kappa shape index (κ3) is 21.7. The Morgan fingerprint density at radius 2 is 1.11 bits per heavy atom. The van der Waals surface area contributed by atoms with Crippen molar-refractivity contribution in [1.29, 1.82) is 0 Å². The van der Waals surface area contributed by atoms with Crippen molar-refractivity contribution in [3.05, 3.63) is 24.3 Å². The molecule has 2 N–H and O–H groups in total. The third-order valence-electron chi connectivity index (χ3n) is 12.3. The Labute approximate surface area is 420 Å². The highest BCUT2D eigenvalue weighted by Gasteiger charge is 2.54. The van der Waals surface area contributed by atoms with E-state index >= 15 is 0 Å². The summed E-state index contributed by atoms with van der Waals surface area (Å²) in [5, 5.41) is 21.0. The Hall–Kier alpha value is -2.23. The fourth-order valence-electron chi connectivity index (χ4n) is 7.97. The highest BCUT2D eigenvalue weighted by molar-refractivity contribution is 5.66. The van der Waals surface area contributed by atoms with Gasteiger partial charge >= 0.3 is 5.97 Å². The average Bonchev–Trinajstić information content (AvgIpc) is 3.35. The molecule has 0 aliphatic carbocycles. The van der Waals surface area contributed by atoms with Gasteiger partial charge in [0.05, 0.1) is 45.7 Å². The normalized spacial score (nSPS) is 26.6. The quantitative estimate of drug-likeness (QED) is 0.0366. The van der Waals surface area contributed by atoms with Crippen LogP contribution in [-0.4, -0.2) is 169 Å². The van der Waals surface area contributed by atoms with Crippen LogP contribution in [0.15, 0.2) is 24.3 Å². The van der Waals surface area contributed by atoms with Crippen molar-refractivity contribution in [2.24, 2.45) is 5.92 Å². The molecule has 2 heterocycles. The van der Waals surface area contributed by atoms with Gasteiger partial charge in [-0.05, 0) is 69.7 Å². The first-order valence-electron chi connectivity index (χ1n) is 26.6. The Morgan fingerprint density at radius 3 is 1.63 bits per heavy atom. The van der Waals surface area contributed by atoms with E-state index in [0.717, 1.165) is 77.0 Å². The van der Waals surface area contributed by atoms with Crippen LogP contribution in [-0.2, 0) is 61.6 Å². The number of unbranched alkanes of at least 4 members (excludes halogenated alkanes) is 6. The van der Waals surface area contributed by atoms with Crippen LogP contribution in [0.2, 0.25) is 0 Å². The third-order valence-corrected chi connectivity index (χ3v) is 12.3. The summed E-state index contributed by atoms with van der Waals surface area (Å²) in [4.78, 5) is 13.1. The minimum Gasteiger partial charge on any atom is -0.497 e. The molecular formula is C53H94O17. The van der Waals surface area contributed by atoms with E-state index in [1.807, 2.05) is 6.92 Å². The number of methoxy groups -OCH3 is 1. The molecule has 408 valence electrons. The number of esters is 1. The maximum Gasteiger partial charge on any atom is 0.303 e. The van der Waals surface area contributed by atoms with Crippen molar-refractivity contribution in [3.8, 4) is 11.5 Å². The van der Waals surface area contributed by atoms with Crippen molar-refractivity contribution >= 4 is 5.97 Å². The van der Waals surface area contributed by atoms with Crippen molar-refractivity contribution in [2.75, 3.05) is 73.2 Å². The maximum absolute atomic E-state index is 13.1. The summed E-state index contributed by atoms with van der Waals surface area (Å²) in [6, 6.07) is 6.99. The van der Waals surface area contributed by atoms with Crippen LogP contribution in [0.3, 0.4) is 0 Å². The molecule has 2 aliphatic heterocycles. The number of ether oxygens (including phenoxy) is 14. The molecule has 3 rings (SSSR count). The molecule has 2 saturated heterocycles. The molecule has 2 fully saturated rings. The first-order chi connectivity index (χ1) is 34.0. The van der Waals surface area contributed by atoms with Crippen molar-refractivity contribution in [1.82, 2.24) is 0 Å². The largest absolute Gasteiger partial charge is 0.497 e. The zero-order valence-corrected chi connectivity index (χ0v) is 44.5. The van der Waals surface area contributed by atoms with Gasteiger partial charge < -0.3 is 76.5 Å². The summed E-state index contributed by atoms with van der Waals surface area (Å²) >= 11 is 0. The second kappa shape index (κ2) is 36.7. The molecule has 0 spiro atoms. The van der Waals surface area contributed by atoms with Gasteiger partial charge in [-0.15, -0.1) is 0 Å². The van der Waals surface area contributed by atoms with Gasteiger partial charge in [0.1, 0.15) is 54.2 Å². The zero-order valence-electron chi connectivity index (χ0n) is 44.5. The van der Waals surface area contributed by atoms with Gasteiger partial charge in [-0.1, -0.05) is 87.0 Å². The van der Waals surface area contributed by atoms with Gasteiger partial charge in [-0.2, -0.15) is 0 Å². The van der Waals surface area contributed by atoms with Crippen LogP contribution >= 0.6 is 0 Å². The summed E-state index contributed by atoms with van der Waals surface area (Å²) in [5.41, 5.74) is 0. The number of aliphatic hydroxyl groups is 2. The minimum atomic E-state index is -1.20. The maximum atomic E-state index is 13.1. The smallest absolute Gasteiger partial charge is 0.303 e. The Kier molecular flexibility index (Phi) is 32.5. The predicted octanol–water partition coefficient (Wildman–Crippen LogP) is 7.95. The number of hydrogen-bond donors (Lipinski definition) is 2. The van der Waals surface area contributed by atoms with Gasteiger partial charge in [0.2, 0.25) is 6.29 Å². The molecule has 5 unspecified atom stereocenters. The van der Waals surface area contributed by atoms with E-state index in [-0.39, 0.29) is 19.8 Å². The lowest BCUT2D eigenvalue weighted by Crippen LogP contribution is -2.65. The Bertz CT molecular complexity index is 1440. The Balaban J connectivity index is 2.16. The molecular weight excluding hydrogens is 909 g/mol. The first kappa shape index (κ1) is 62.1. The second-order valence-electron chi connectivity index (χ2n) is 18.4. The lowest BCUT2D eigenvalue weighted by atomic mass is 9.91. The fourth-order valence-corrected chi connectivity index (χ4v) is 7.97. The number of aliphatic hydroxyl groups excluding tert-OH is 2. The van der Waals surface area contributed by atoms with E-state index in [2.05, 4.69) is 41.5 Å². The average molecular weight is 1000 g/mol. The van der Waals surface area contributed by atoms with Gasteiger partial charge in [-0.25, -0.2) is 0 Å². The summed E-state index contributed by atoms with van der Waals surface area (Å²) in [7, 11) is 1.58. The van der Waals surface area contributed by atoms with Crippen molar-refractivity contribution < 1.29 is 81.3 Å². The van der Waals surface area contributed by atoms with E-state index in [4.69, 9.17) is 66.3 Å². The molecule has 0 saturated carbocycles. The van der Waals surface area contributed by atoms with Crippen LogP contribution in [0.1, 0.15) is 139 Å². The molecule has 2 aliphatic rings. The number of benzene rings is 1. The zero-order chi connectivity index (χ0) is 51.1. The highest BCUT2D eigenvalue weighted by Crippen LogP contribution is 2.37. The van der Waals surface area contributed by atoms with Crippen LogP contribution in [0, 0.1) is 5.92 Å². The van der Waals surface area contributed by atoms with E-state index < -0.39 is 98.4 Å². The van der Waals surface area contributed by atoms with Crippen LogP contribution in [0.4, 0.5) is 0 Å². The van der Waals surface area contributed by atoms with Crippen LogP contribution < -0.4 is 9.47 Å². The number of carbonyl (C=O) groups is 1. The molecule has 17 nitrogen and oxygen atoms in total. The van der Waals surface area contributed by atoms with Crippen molar-refractivity contribution in [3.63, 3.8) is 0 Å². The van der Waals surface area contributed by atoms with Crippen LogP contribution in [0.25, 0.3) is 0 Å². The van der Waals surface area contributed by atoms with Gasteiger partial charge in [0.15, 0.2) is 18.7 Å². The number of hydrogen-bond acceptors (Lipinski definition) is 17. The standard InChI is InChI=1S/C53H94O17/c1-11-17-27-58-34-43-47(62-31-21-15-5)49(63-32-22-16-6)50(64-39(9)56)53(68-43)70-48-44(35-59-28-18-12-2)67-51(37(7)46(48)61-30-20-14-4)69-45(36-60-29-19-13-3)52(66-42(33-54)38(8)55)65-41-25-23-40(57-10)24-26-41/h23-26,37-38,42-55H,11-22,27-36H2,1-10H3/t37-,38-,42?,43?,44?,45+,46?,47-,48+,49?,50-,51-,52-,53-/m0/s1. The predicted molar refractivity (Wildman–Crippen MR) is 264 cm³/mol. The molecule has 0 aromatic heterocycles. The molecule has 0 amide bonds. The molecule has 0 bridgehead atoms. The van der Waals surface area contributed by atoms with E-state index in [0.29, 0.717) is 51.1 Å². The summed E-state index contributed by atoms with van der Waals surface area (Å²) in [6.07, 6.45) is -1.23. The SMILES string of the molecule is CCCCOCC1O[C@@H](O[C@H](COCCCC)[C@@H](Oc2ccc(OC)cc2)OC(CO)[C@H](C)O)[C@@H](C)C(OCCCC)[C@@H]1O[C@@H]1OC(COCCCC)[C@H](OCCCC)C(OCCCC)[C@@H]1OC(C)=O. The Morgan fingerprint density at radius 1 is 0.629 bits per heavy atom. The van der Waals surface area contributed by atoms with E-state index in [9.17, 15) is 15.0 Å². The summed E-state index contributed by atoms with van der Waals surface area (Å²) in [5.74, 6) is 0.0364. The van der Waals surface area contributed by atoms with Gasteiger partial charge in [0.25, 0.3) is 0 Å². The molecule has 17 heteroatoms. The van der Waals surface area contributed by atoms with Gasteiger partial charge in [0, 0.05) is 52.5 Å². The van der Waals surface area contributed by atoms with Gasteiger partial charge in [-0.3, -0.25) is 4.79 Å². The fraction of sp³-hybridized carbons (Fsp3) is 0.868. The molecule has 1 aromatic carbocycles. The number of carbonyl (C=O) groups excluding carboxylic acids is 1. The molecule has 1 aromatic rings. The summed E-state index contributed by atoms with van der Waals surface area (Å²) < 4.78 is 91.2. The molecule has 14 atom stereocenters. The topological polar surface area (TPSA) is 187 Å². The lowest BCUT2D eigenvalue weighted by Gasteiger charge is -2.50. The second-order valence-corrected chi connectivity index (χ2v) is 18.4. The molecule has 70 heavy (non-hydrogen) atoms.